The van der Waals surface area contributed by atoms with E-state index in [0.29, 0.717) is 0 Å². The molecule has 0 unspecified atom stereocenters. The molecule has 5 heteroatoms. The second-order valence-electron chi connectivity index (χ2n) is 14.1. The van der Waals surface area contributed by atoms with E-state index in [-0.39, 0.29) is 0 Å². The minimum Gasteiger partial charge on any atom is -0.309 e. The van der Waals surface area contributed by atoms with E-state index < -0.39 is 0 Å². The van der Waals surface area contributed by atoms with Crippen molar-refractivity contribution in [2.45, 2.75) is 0 Å². The number of benzene rings is 8. The highest BCUT2D eigenvalue weighted by molar-refractivity contribution is 7.27. The Hall–Kier alpha value is -6.66. The number of fused-ring (bicyclic) bond motifs is 11. The molecule has 0 N–H and O–H groups in total. The quantitative estimate of drug-likeness (QED) is 0.180. The van der Waals surface area contributed by atoms with Gasteiger partial charge in [-0.15, -0.1) is 22.7 Å². The van der Waals surface area contributed by atoms with Gasteiger partial charge in [-0.05, 0) is 58.3 Å². The molecule has 12 rings (SSSR count). The molecule has 12 aromatic rings. The maximum absolute atomic E-state index is 5.49. The SMILES string of the molecule is c1ccc(-c2ccc(-c3nc(-c4cc5ccccc5c5c4sc4cc(-n6c7ccccc7c7ccccc76)ccc45)nc4c3sc3ccccc34)cc2)cc1. The van der Waals surface area contributed by atoms with Crippen molar-refractivity contribution in [3.05, 3.63) is 176 Å². The highest BCUT2D eigenvalue weighted by Gasteiger charge is 2.21. The van der Waals surface area contributed by atoms with Gasteiger partial charge in [-0.3, -0.25) is 0 Å². The van der Waals surface area contributed by atoms with Gasteiger partial charge in [0.2, 0.25) is 0 Å². The number of para-hydroxylation sites is 2. The van der Waals surface area contributed by atoms with Gasteiger partial charge in [0.15, 0.2) is 5.82 Å². The van der Waals surface area contributed by atoms with Gasteiger partial charge in [0.05, 0.1) is 26.9 Å². The molecule has 4 aromatic heterocycles. The lowest BCUT2D eigenvalue weighted by Gasteiger charge is -2.11. The Morgan fingerprint density at radius 1 is 0.418 bits per heavy atom. The van der Waals surface area contributed by atoms with Crippen LogP contribution in [0.3, 0.4) is 0 Å². The molecule has 0 radical (unpaired) electrons. The molecule has 0 fully saturated rings. The molecule has 0 aliphatic rings. The van der Waals surface area contributed by atoms with Crippen molar-refractivity contribution in [3.63, 3.8) is 0 Å². The summed E-state index contributed by atoms with van der Waals surface area (Å²) in [6.07, 6.45) is 0. The third-order valence-corrected chi connectivity index (χ3v) is 13.4. The molecule has 4 heterocycles. The van der Waals surface area contributed by atoms with Gasteiger partial charge >= 0.3 is 0 Å². The van der Waals surface area contributed by atoms with E-state index in [2.05, 4.69) is 180 Å². The standard InChI is InChI=1S/C50H29N3S2/c1-2-12-30(13-3-1)31-22-24-32(25-23-31)46-49-47(39-18-8-11-21-43(39)54-49)52-50(51-46)40-28-33-14-4-5-15-35(33)45-38-27-26-34(29-44(38)55-48(40)45)53-41-19-9-6-16-36(41)37-17-7-10-20-42(37)53/h1-29H. The highest BCUT2D eigenvalue weighted by atomic mass is 32.1. The summed E-state index contributed by atoms with van der Waals surface area (Å²) in [4.78, 5) is 10.9. The lowest BCUT2D eigenvalue weighted by molar-refractivity contribution is 1.19. The zero-order valence-electron chi connectivity index (χ0n) is 29.4. The monoisotopic (exact) mass is 735 g/mol. The van der Waals surface area contributed by atoms with Crippen LogP contribution in [0.25, 0.3) is 113 Å². The molecule has 8 aromatic carbocycles. The lowest BCUT2D eigenvalue weighted by Crippen LogP contribution is -1.94. The van der Waals surface area contributed by atoms with Crippen molar-refractivity contribution in [2.75, 3.05) is 0 Å². The molecule has 0 atom stereocenters. The minimum atomic E-state index is 0.753. The maximum atomic E-state index is 5.49. The molecule has 0 spiro atoms. The Bertz CT molecular complexity index is 3430. The van der Waals surface area contributed by atoms with Crippen LogP contribution in [0.5, 0.6) is 0 Å². The van der Waals surface area contributed by atoms with Crippen LogP contribution in [0.4, 0.5) is 0 Å². The van der Waals surface area contributed by atoms with E-state index in [0.717, 1.165) is 43.9 Å². The van der Waals surface area contributed by atoms with Crippen LogP contribution >= 0.6 is 22.7 Å². The Kier molecular flexibility index (Phi) is 6.67. The fraction of sp³-hybridized carbons (Fsp3) is 0. The average molecular weight is 736 g/mol. The van der Waals surface area contributed by atoms with Gasteiger partial charge in [-0.2, -0.15) is 0 Å². The van der Waals surface area contributed by atoms with Crippen LogP contribution < -0.4 is 0 Å². The molecule has 0 saturated carbocycles. The summed E-state index contributed by atoms with van der Waals surface area (Å²) in [6.45, 7) is 0. The second kappa shape index (κ2) is 11.9. The molecule has 0 aliphatic heterocycles. The first-order valence-corrected chi connectivity index (χ1v) is 20.1. The number of hydrogen-bond donors (Lipinski definition) is 0. The van der Waals surface area contributed by atoms with Gasteiger partial charge in [-0.1, -0.05) is 140 Å². The Morgan fingerprint density at radius 2 is 1.04 bits per heavy atom. The van der Waals surface area contributed by atoms with Crippen molar-refractivity contribution in [2.24, 2.45) is 0 Å². The van der Waals surface area contributed by atoms with Gasteiger partial charge in [-0.25, -0.2) is 9.97 Å². The van der Waals surface area contributed by atoms with E-state index in [1.54, 1.807) is 11.3 Å². The van der Waals surface area contributed by atoms with Crippen molar-refractivity contribution in [3.8, 4) is 39.5 Å². The molecule has 256 valence electrons. The minimum absolute atomic E-state index is 0.753. The molecule has 0 bridgehead atoms. The van der Waals surface area contributed by atoms with E-state index in [1.807, 2.05) is 11.3 Å². The molecule has 0 aliphatic carbocycles. The van der Waals surface area contributed by atoms with Gasteiger partial charge in [0.1, 0.15) is 0 Å². The van der Waals surface area contributed by atoms with Crippen LogP contribution in [0.2, 0.25) is 0 Å². The first-order chi connectivity index (χ1) is 27.3. The van der Waals surface area contributed by atoms with Gasteiger partial charge < -0.3 is 4.57 Å². The van der Waals surface area contributed by atoms with Gasteiger partial charge in [0.25, 0.3) is 0 Å². The first-order valence-electron chi connectivity index (χ1n) is 18.5. The molecule has 3 nitrogen and oxygen atoms in total. The van der Waals surface area contributed by atoms with Crippen LogP contribution in [0, 0.1) is 0 Å². The van der Waals surface area contributed by atoms with Gasteiger partial charge in [0, 0.05) is 57.8 Å². The van der Waals surface area contributed by atoms with Crippen LogP contribution in [0.1, 0.15) is 0 Å². The molecule has 55 heavy (non-hydrogen) atoms. The number of rotatable bonds is 4. The third kappa shape index (κ3) is 4.67. The average Bonchev–Trinajstić information content (AvgIpc) is 3.93. The van der Waals surface area contributed by atoms with Crippen molar-refractivity contribution in [1.82, 2.24) is 14.5 Å². The Morgan fingerprint density at radius 3 is 1.82 bits per heavy atom. The molecular weight excluding hydrogens is 707 g/mol. The summed E-state index contributed by atoms with van der Waals surface area (Å²) in [5.41, 5.74) is 10.1. The number of aromatic nitrogens is 3. The summed E-state index contributed by atoms with van der Waals surface area (Å²) in [5.74, 6) is 0.753. The number of hydrogen-bond acceptors (Lipinski definition) is 4. The summed E-state index contributed by atoms with van der Waals surface area (Å²) in [6, 6.07) is 63.4. The predicted octanol–water partition coefficient (Wildman–Crippen LogP) is 14.5. The van der Waals surface area contributed by atoms with Crippen LogP contribution in [-0.4, -0.2) is 14.5 Å². The molecular formula is C50H29N3S2. The lowest BCUT2D eigenvalue weighted by atomic mass is 9.99. The predicted molar refractivity (Wildman–Crippen MR) is 236 cm³/mol. The largest absolute Gasteiger partial charge is 0.309 e. The normalized spacial score (nSPS) is 12.0. The fourth-order valence-electron chi connectivity index (χ4n) is 8.48. The zero-order valence-corrected chi connectivity index (χ0v) is 31.0. The summed E-state index contributed by atoms with van der Waals surface area (Å²) >= 11 is 3.62. The summed E-state index contributed by atoms with van der Waals surface area (Å²) < 4.78 is 7.18. The molecule has 0 saturated heterocycles. The van der Waals surface area contributed by atoms with Crippen molar-refractivity contribution >= 4 is 95.7 Å². The zero-order chi connectivity index (χ0) is 36.0. The smallest absolute Gasteiger partial charge is 0.162 e. The topological polar surface area (TPSA) is 30.7 Å². The van der Waals surface area contributed by atoms with E-state index in [1.165, 1.54) is 68.6 Å². The Balaban J connectivity index is 1.12. The van der Waals surface area contributed by atoms with Crippen molar-refractivity contribution < 1.29 is 0 Å². The van der Waals surface area contributed by atoms with Crippen LogP contribution in [-0.2, 0) is 0 Å². The molecule has 0 amide bonds. The number of thiophene rings is 2. The van der Waals surface area contributed by atoms with E-state index in [4.69, 9.17) is 9.97 Å². The maximum Gasteiger partial charge on any atom is 0.162 e. The fourth-order valence-corrected chi connectivity index (χ4v) is 10.9. The Labute approximate surface area is 324 Å². The summed E-state index contributed by atoms with van der Waals surface area (Å²) in [5, 5.41) is 8.64. The van der Waals surface area contributed by atoms with Crippen LogP contribution in [0.15, 0.2) is 176 Å². The highest BCUT2D eigenvalue weighted by Crippen LogP contribution is 2.46. The second-order valence-corrected chi connectivity index (χ2v) is 16.2. The number of nitrogens with zero attached hydrogens (tertiary/aromatic N) is 3. The van der Waals surface area contributed by atoms with E-state index >= 15 is 0 Å². The summed E-state index contributed by atoms with van der Waals surface area (Å²) in [7, 11) is 0. The van der Waals surface area contributed by atoms with Crippen molar-refractivity contribution in [1.29, 1.82) is 0 Å². The third-order valence-electron chi connectivity index (χ3n) is 11.0. The van der Waals surface area contributed by atoms with E-state index in [9.17, 15) is 0 Å². The first kappa shape index (κ1) is 30.8.